The van der Waals surface area contributed by atoms with Gasteiger partial charge in [-0.1, -0.05) is 23.2 Å². The molecule has 0 fully saturated rings. The Morgan fingerprint density at radius 2 is 1.81 bits per heavy atom. The molecule has 0 atom stereocenters. The first kappa shape index (κ1) is 11.1. The lowest BCUT2D eigenvalue weighted by atomic mass is 10.2. The molecule has 16 heavy (non-hydrogen) atoms. The van der Waals surface area contributed by atoms with Crippen LogP contribution in [0.2, 0.25) is 10.0 Å². The Balaban J connectivity index is 2.54. The summed E-state index contributed by atoms with van der Waals surface area (Å²) in [5, 5.41) is 0.944. The molecule has 0 saturated heterocycles. The van der Waals surface area contributed by atoms with Crippen molar-refractivity contribution in [2.24, 2.45) is 0 Å². The Labute approximate surface area is 102 Å². The average molecular weight is 255 g/mol. The molecule has 0 aliphatic heterocycles. The number of halogens is 2. The highest BCUT2D eigenvalue weighted by Crippen LogP contribution is 2.26. The van der Waals surface area contributed by atoms with Crippen LogP contribution in [-0.2, 0) is 0 Å². The molecule has 0 spiro atoms. The summed E-state index contributed by atoms with van der Waals surface area (Å²) in [6, 6.07) is 5.16. The van der Waals surface area contributed by atoms with Crippen LogP contribution in [0.1, 0.15) is 5.82 Å². The van der Waals surface area contributed by atoms with Gasteiger partial charge in [-0.2, -0.15) is 9.97 Å². The van der Waals surface area contributed by atoms with E-state index in [-0.39, 0.29) is 5.95 Å². The first-order valence-electron chi connectivity index (χ1n) is 4.50. The minimum absolute atomic E-state index is 0.188. The maximum absolute atomic E-state index is 5.91. The smallest absolute Gasteiger partial charge is 0.223 e. The minimum atomic E-state index is 0.188. The summed E-state index contributed by atoms with van der Waals surface area (Å²) in [5.74, 6) is 1.24. The molecule has 0 saturated carbocycles. The van der Waals surface area contributed by atoms with E-state index in [1.165, 1.54) is 0 Å². The maximum Gasteiger partial charge on any atom is 0.223 e. The fraction of sp³-hybridized carbons (Fsp3) is 0.100. The van der Waals surface area contributed by atoms with Gasteiger partial charge in [-0.05, 0) is 25.1 Å². The Kier molecular flexibility index (Phi) is 2.94. The third-order valence-electron chi connectivity index (χ3n) is 1.94. The Bertz CT molecular complexity index is 522. The van der Waals surface area contributed by atoms with Crippen LogP contribution in [0.15, 0.2) is 18.2 Å². The molecular formula is C10H8Cl2N4. The second-order valence-electron chi connectivity index (χ2n) is 3.19. The molecule has 1 aromatic carbocycles. The monoisotopic (exact) mass is 254 g/mol. The topological polar surface area (TPSA) is 64.7 Å². The minimum Gasteiger partial charge on any atom is -0.368 e. The molecule has 4 nitrogen and oxygen atoms in total. The summed E-state index contributed by atoms with van der Waals surface area (Å²) in [6.45, 7) is 1.75. The van der Waals surface area contributed by atoms with Gasteiger partial charge in [-0.15, -0.1) is 0 Å². The van der Waals surface area contributed by atoms with E-state index in [0.717, 1.165) is 5.56 Å². The van der Waals surface area contributed by atoms with Crippen molar-refractivity contribution in [2.75, 3.05) is 5.73 Å². The second kappa shape index (κ2) is 4.23. The molecule has 1 aromatic heterocycles. The molecule has 0 bridgehead atoms. The number of hydrogen-bond acceptors (Lipinski definition) is 4. The first-order valence-corrected chi connectivity index (χ1v) is 5.25. The third kappa shape index (κ3) is 2.23. The average Bonchev–Trinajstić information content (AvgIpc) is 2.20. The van der Waals surface area contributed by atoms with Gasteiger partial charge in [0.25, 0.3) is 0 Å². The molecule has 0 radical (unpaired) electrons. The van der Waals surface area contributed by atoms with Gasteiger partial charge < -0.3 is 5.73 Å². The van der Waals surface area contributed by atoms with Crippen LogP contribution < -0.4 is 5.73 Å². The zero-order valence-corrected chi connectivity index (χ0v) is 9.92. The molecule has 0 aliphatic rings. The molecule has 2 rings (SSSR count). The van der Waals surface area contributed by atoms with E-state index >= 15 is 0 Å². The van der Waals surface area contributed by atoms with E-state index in [2.05, 4.69) is 15.0 Å². The molecule has 2 aromatic rings. The number of nitrogens with zero attached hydrogens (tertiary/aromatic N) is 3. The summed E-state index contributed by atoms with van der Waals surface area (Å²) in [4.78, 5) is 12.1. The third-order valence-corrected chi connectivity index (χ3v) is 2.68. The van der Waals surface area contributed by atoms with E-state index in [1.54, 1.807) is 25.1 Å². The Morgan fingerprint density at radius 3 is 2.44 bits per heavy atom. The number of hydrogen-bond donors (Lipinski definition) is 1. The van der Waals surface area contributed by atoms with E-state index in [4.69, 9.17) is 28.9 Å². The zero-order chi connectivity index (χ0) is 11.7. The molecule has 82 valence electrons. The molecular weight excluding hydrogens is 247 g/mol. The van der Waals surface area contributed by atoms with Gasteiger partial charge >= 0.3 is 0 Å². The molecule has 0 unspecified atom stereocenters. The standard InChI is InChI=1S/C10H8Cl2N4/c1-5-14-9(16-10(13)15-5)6-2-3-7(11)8(12)4-6/h2-4H,1H3,(H2,13,14,15,16). The van der Waals surface area contributed by atoms with Gasteiger partial charge in [0.2, 0.25) is 5.95 Å². The number of aryl methyl sites for hydroxylation is 1. The van der Waals surface area contributed by atoms with Crippen molar-refractivity contribution in [3.8, 4) is 11.4 Å². The lowest BCUT2D eigenvalue weighted by Crippen LogP contribution is -2.01. The second-order valence-corrected chi connectivity index (χ2v) is 4.01. The van der Waals surface area contributed by atoms with Crippen LogP contribution in [0.3, 0.4) is 0 Å². The van der Waals surface area contributed by atoms with E-state index in [1.807, 2.05) is 0 Å². The number of nitrogens with two attached hydrogens (primary N) is 1. The number of benzene rings is 1. The largest absolute Gasteiger partial charge is 0.368 e. The number of rotatable bonds is 1. The normalized spacial score (nSPS) is 10.4. The fourth-order valence-corrected chi connectivity index (χ4v) is 1.56. The van der Waals surface area contributed by atoms with Gasteiger partial charge in [0.1, 0.15) is 5.82 Å². The van der Waals surface area contributed by atoms with Gasteiger partial charge in [-0.3, -0.25) is 0 Å². The van der Waals surface area contributed by atoms with E-state index < -0.39 is 0 Å². The van der Waals surface area contributed by atoms with Gasteiger partial charge in [0.15, 0.2) is 5.82 Å². The molecule has 0 amide bonds. The first-order chi connectivity index (χ1) is 7.56. The van der Waals surface area contributed by atoms with E-state index in [0.29, 0.717) is 21.7 Å². The number of aromatic nitrogens is 3. The molecule has 0 aliphatic carbocycles. The Hall–Kier alpha value is -1.39. The van der Waals surface area contributed by atoms with Crippen LogP contribution in [0.5, 0.6) is 0 Å². The van der Waals surface area contributed by atoms with Crippen LogP contribution >= 0.6 is 23.2 Å². The number of nitrogen functional groups attached to an aromatic ring is 1. The number of anilines is 1. The predicted octanol–water partition coefficient (Wildman–Crippen LogP) is 2.74. The predicted molar refractivity (Wildman–Crippen MR) is 64.4 cm³/mol. The lowest BCUT2D eigenvalue weighted by Gasteiger charge is -2.03. The highest BCUT2D eigenvalue weighted by Gasteiger charge is 2.06. The summed E-state index contributed by atoms with van der Waals surface area (Å²) in [6.07, 6.45) is 0. The van der Waals surface area contributed by atoms with Gasteiger partial charge in [-0.25, -0.2) is 4.98 Å². The highest BCUT2D eigenvalue weighted by molar-refractivity contribution is 6.42. The maximum atomic E-state index is 5.91. The lowest BCUT2D eigenvalue weighted by molar-refractivity contribution is 0.997. The highest BCUT2D eigenvalue weighted by atomic mass is 35.5. The van der Waals surface area contributed by atoms with Crippen molar-refractivity contribution in [3.63, 3.8) is 0 Å². The van der Waals surface area contributed by atoms with Crippen molar-refractivity contribution >= 4 is 29.2 Å². The Morgan fingerprint density at radius 1 is 1.06 bits per heavy atom. The summed E-state index contributed by atoms with van der Waals surface area (Å²) in [5.41, 5.74) is 6.30. The van der Waals surface area contributed by atoms with Crippen LogP contribution in [0, 0.1) is 6.92 Å². The van der Waals surface area contributed by atoms with Crippen molar-refractivity contribution in [3.05, 3.63) is 34.1 Å². The van der Waals surface area contributed by atoms with Crippen molar-refractivity contribution in [1.82, 2.24) is 15.0 Å². The molecule has 2 N–H and O–H groups in total. The summed E-state index contributed by atoms with van der Waals surface area (Å²) < 4.78 is 0. The summed E-state index contributed by atoms with van der Waals surface area (Å²) in [7, 11) is 0. The van der Waals surface area contributed by atoms with Gasteiger partial charge in [0, 0.05) is 5.56 Å². The SMILES string of the molecule is Cc1nc(N)nc(-c2ccc(Cl)c(Cl)c2)n1. The van der Waals surface area contributed by atoms with Gasteiger partial charge in [0.05, 0.1) is 10.0 Å². The van der Waals surface area contributed by atoms with Crippen molar-refractivity contribution in [2.45, 2.75) is 6.92 Å². The zero-order valence-electron chi connectivity index (χ0n) is 8.41. The summed E-state index contributed by atoms with van der Waals surface area (Å²) >= 11 is 11.7. The van der Waals surface area contributed by atoms with Crippen LogP contribution in [-0.4, -0.2) is 15.0 Å². The fourth-order valence-electron chi connectivity index (χ4n) is 1.27. The molecule has 6 heteroatoms. The van der Waals surface area contributed by atoms with Crippen molar-refractivity contribution < 1.29 is 0 Å². The van der Waals surface area contributed by atoms with Crippen molar-refractivity contribution in [1.29, 1.82) is 0 Å². The molecule has 1 heterocycles. The van der Waals surface area contributed by atoms with Crippen LogP contribution in [0.25, 0.3) is 11.4 Å². The van der Waals surface area contributed by atoms with Crippen LogP contribution in [0.4, 0.5) is 5.95 Å². The van der Waals surface area contributed by atoms with E-state index in [9.17, 15) is 0 Å². The quantitative estimate of drug-likeness (QED) is 0.850.